The van der Waals surface area contributed by atoms with Crippen LogP contribution in [0.3, 0.4) is 0 Å². The number of benzene rings is 3. The lowest BCUT2D eigenvalue weighted by Crippen LogP contribution is -2.59. The van der Waals surface area contributed by atoms with Crippen LogP contribution in [0.25, 0.3) is 6.08 Å². The van der Waals surface area contributed by atoms with Gasteiger partial charge >= 0.3 is 5.97 Å². The molecule has 6 rings (SSSR count). The van der Waals surface area contributed by atoms with Crippen molar-refractivity contribution in [2.45, 2.75) is 80.3 Å². The number of aliphatic hydroxyl groups is 6. The highest BCUT2D eigenvalue weighted by atomic mass is 16.8. The first-order valence-electron chi connectivity index (χ1n) is 18.9. The van der Waals surface area contributed by atoms with Crippen molar-refractivity contribution in [1.82, 2.24) is 10.6 Å². The molecule has 10 atom stereocenters. The van der Waals surface area contributed by atoms with Gasteiger partial charge in [-0.1, -0.05) is 84.9 Å². The van der Waals surface area contributed by atoms with Crippen LogP contribution in [-0.4, -0.2) is 136 Å². The monoisotopic (exact) mass is 804 g/mol. The number of nitrogens with one attached hydrogen (secondary N) is 2. The van der Waals surface area contributed by atoms with Gasteiger partial charge < -0.3 is 65.0 Å². The van der Waals surface area contributed by atoms with Gasteiger partial charge in [0.15, 0.2) is 6.29 Å². The molecule has 310 valence electrons. The van der Waals surface area contributed by atoms with E-state index in [4.69, 9.17) is 28.8 Å². The summed E-state index contributed by atoms with van der Waals surface area (Å²) in [5.41, 5.74) is 2.18. The van der Waals surface area contributed by atoms with Crippen LogP contribution in [0.1, 0.15) is 40.4 Å². The van der Waals surface area contributed by atoms with Crippen LogP contribution in [-0.2, 0) is 39.1 Å². The van der Waals surface area contributed by atoms with Crippen molar-refractivity contribution in [3.8, 4) is 0 Å². The summed E-state index contributed by atoms with van der Waals surface area (Å²) in [6, 6.07) is 23.5. The largest absolute Gasteiger partial charge is 0.456 e. The van der Waals surface area contributed by atoms with Crippen molar-refractivity contribution in [3.05, 3.63) is 125 Å². The average molecular weight is 805 g/mol. The van der Waals surface area contributed by atoms with E-state index in [2.05, 4.69) is 10.6 Å². The molecule has 3 aromatic carbocycles. The Labute approximate surface area is 334 Å². The molecule has 0 radical (unpaired) electrons. The molecule has 1 aliphatic carbocycles. The second kappa shape index (κ2) is 19.3. The van der Waals surface area contributed by atoms with E-state index in [0.29, 0.717) is 16.7 Å². The van der Waals surface area contributed by atoms with Gasteiger partial charge in [-0.3, -0.25) is 9.59 Å². The molecule has 0 aromatic heterocycles. The van der Waals surface area contributed by atoms with Gasteiger partial charge in [-0.05, 0) is 30.7 Å². The van der Waals surface area contributed by atoms with Gasteiger partial charge in [-0.2, -0.15) is 0 Å². The van der Waals surface area contributed by atoms with Crippen LogP contribution in [0, 0.1) is 0 Å². The molecule has 3 aromatic rings. The summed E-state index contributed by atoms with van der Waals surface area (Å²) < 4.78 is 30.5. The van der Waals surface area contributed by atoms with E-state index in [1.807, 2.05) is 60.7 Å². The Bertz CT molecular complexity index is 1880. The minimum absolute atomic E-state index is 0.0818. The first-order valence-corrected chi connectivity index (χ1v) is 18.9. The van der Waals surface area contributed by atoms with Gasteiger partial charge in [-0.25, -0.2) is 4.79 Å². The van der Waals surface area contributed by atoms with Crippen LogP contribution in [0.4, 0.5) is 0 Å². The molecule has 2 aliphatic heterocycles. The van der Waals surface area contributed by atoms with Crippen molar-refractivity contribution in [2.75, 3.05) is 26.4 Å². The summed E-state index contributed by atoms with van der Waals surface area (Å²) in [6.07, 6.45) is -6.61. The quantitative estimate of drug-likeness (QED) is 0.0947. The van der Waals surface area contributed by atoms with E-state index < -0.39 is 91.3 Å². The molecule has 2 fully saturated rings. The minimum Gasteiger partial charge on any atom is -0.456 e. The third-order valence-corrected chi connectivity index (χ3v) is 10.0. The lowest BCUT2D eigenvalue weighted by Gasteiger charge is -2.39. The average Bonchev–Trinajstić information content (AvgIpc) is 3.65. The minimum atomic E-state index is -1.58. The van der Waals surface area contributed by atoms with Crippen LogP contribution in [0.15, 0.2) is 103 Å². The number of rotatable bonds is 15. The maximum absolute atomic E-state index is 13.9. The summed E-state index contributed by atoms with van der Waals surface area (Å²) in [6.45, 7) is 0.236. The van der Waals surface area contributed by atoms with Gasteiger partial charge in [0.05, 0.1) is 31.5 Å². The van der Waals surface area contributed by atoms with Crippen molar-refractivity contribution in [3.63, 3.8) is 0 Å². The number of hydrogen-bond donors (Lipinski definition) is 8. The number of amides is 2. The molecule has 0 unspecified atom stereocenters. The second-order valence-corrected chi connectivity index (χ2v) is 14.1. The summed E-state index contributed by atoms with van der Waals surface area (Å²) in [7, 11) is 0. The first kappa shape index (κ1) is 42.7. The molecule has 58 heavy (non-hydrogen) atoms. The predicted octanol–water partition coefficient (Wildman–Crippen LogP) is 0.0312. The van der Waals surface area contributed by atoms with Crippen LogP contribution in [0.5, 0.6) is 0 Å². The third kappa shape index (κ3) is 9.54. The Morgan fingerprint density at radius 2 is 1.60 bits per heavy atom. The summed E-state index contributed by atoms with van der Waals surface area (Å²) in [5.74, 6) is -3.59. The van der Waals surface area contributed by atoms with Gasteiger partial charge in [0, 0.05) is 29.7 Å². The maximum Gasteiger partial charge on any atom is 0.338 e. The van der Waals surface area contributed by atoms with Crippen molar-refractivity contribution >= 4 is 23.9 Å². The molecular formula is C42H48N2O14. The highest BCUT2D eigenvalue weighted by Crippen LogP contribution is 2.47. The molecule has 2 amide bonds. The van der Waals surface area contributed by atoms with E-state index in [1.165, 1.54) is 6.92 Å². The molecule has 2 heterocycles. The first-order chi connectivity index (χ1) is 27.9. The fourth-order valence-corrected chi connectivity index (χ4v) is 7.03. The van der Waals surface area contributed by atoms with Crippen molar-refractivity contribution in [1.29, 1.82) is 0 Å². The summed E-state index contributed by atoms with van der Waals surface area (Å²) in [5, 5.41) is 64.2. The Morgan fingerprint density at radius 3 is 2.24 bits per heavy atom. The molecule has 0 spiro atoms. The zero-order chi connectivity index (χ0) is 41.4. The van der Waals surface area contributed by atoms with Crippen LogP contribution in [0.2, 0.25) is 0 Å². The Balaban J connectivity index is 1.23. The number of esters is 1. The van der Waals surface area contributed by atoms with Crippen LogP contribution < -0.4 is 10.6 Å². The second-order valence-electron chi connectivity index (χ2n) is 14.1. The standard InChI is InChI=1S/C42H48N2O14/c1-24(47)33(39(52)43-17-18-45)44-38(51)27-21-30(37-31(22-27)57-42(58-37,28-13-4-2-5-14-28)29-15-6-3-7-16-29)55-40(53)26-12-8-10-25(20-26)11-9-19-54-41-36(50)35(49)34(48)32(23-46)56-41/h2-16,20,22,24,30-37,41,45-50H,17-19,21,23H2,1H3,(H,43,52)(H,44,51)/t24-,30+,31+,32+,33+,34-,35-,36+,37-,41-/m0/s1. The summed E-state index contributed by atoms with van der Waals surface area (Å²) >= 11 is 0. The molecule has 0 saturated carbocycles. The fraction of sp³-hybridized carbons (Fsp3) is 0.405. The Morgan fingerprint density at radius 1 is 0.914 bits per heavy atom. The highest BCUT2D eigenvalue weighted by Gasteiger charge is 2.55. The Kier molecular flexibility index (Phi) is 14.2. The predicted molar refractivity (Wildman–Crippen MR) is 204 cm³/mol. The number of aliphatic hydroxyl groups excluding tert-OH is 6. The SMILES string of the molecule is C[C@H](O)[C@@H](NC(=O)C1=C[C@H]2OC(c3ccccc3)(c3ccccc3)O[C@H]2[C@H](OC(=O)c2cccc(C=CCO[C@H]3O[C@H](CO)[C@H](O)[C@H](O)[C@H]3O)c2)C1)C(=O)NCCO. The molecular weight excluding hydrogens is 756 g/mol. The molecule has 16 heteroatoms. The number of carbonyl (C=O) groups excluding carboxylic acids is 3. The zero-order valence-electron chi connectivity index (χ0n) is 31.6. The topological polar surface area (TPSA) is 243 Å². The maximum atomic E-state index is 13.9. The Hall–Kier alpha value is -4.85. The summed E-state index contributed by atoms with van der Waals surface area (Å²) in [4.78, 5) is 40.4. The van der Waals surface area contributed by atoms with Crippen LogP contribution >= 0.6 is 0 Å². The van der Waals surface area contributed by atoms with E-state index in [9.17, 15) is 39.9 Å². The van der Waals surface area contributed by atoms with E-state index >= 15 is 0 Å². The normalized spacial score (nSPS) is 27.5. The molecule has 0 bridgehead atoms. The van der Waals surface area contributed by atoms with Crippen molar-refractivity contribution in [2.24, 2.45) is 0 Å². The van der Waals surface area contributed by atoms with Crippen molar-refractivity contribution < 1.29 is 68.7 Å². The fourth-order valence-electron chi connectivity index (χ4n) is 7.03. The van der Waals surface area contributed by atoms with Gasteiger partial charge in [0.1, 0.15) is 48.8 Å². The zero-order valence-corrected chi connectivity index (χ0v) is 31.6. The highest BCUT2D eigenvalue weighted by molar-refractivity contribution is 5.97. The lowest BCUT2D eigenvalue weighted by atomic mass is 9.91. The molecule has 8 N–H and O–H groups in total. The number of fused-ring (bicyclic) bond motifs is 1. The van der Waals surface area contributed by atoms with E-state index in [1.54, 1.807) is 42.5 Å². The number of carbonyl (C=O) groups is 3. The van der Waals surface area contributed by atoms with Gasteiger partial charge in [0.2, 0.25) is 17.6 Å². The van der Waals surface area contributed by atoms with E-state index in [0.717, 1.165) is 0 Å². The van der Waals surface area contributed by atoms with Gasteiger partial charge in [0.25, 0.3) is 0 Å². The molecule has 16 nitrogen and oxygen atoms in total. The molecule has 2 saturated heterocycles. The number of hydrogen-bond acceptors (Lipinski definition) is 14. The third-order valence-electron chi connectivity index (χ3n) is 10.0. The number of ether oxygens (including phenoxy) is 5. The molecule has 3 aliphatic rings. The smallest absolute Gasteiger partial charge is 0.338 e. The van der Waals surface area contributed by atoms with E-state index in [-0.39, 0.29) is 37.3 Å². The van der Waals surface area contributed by atoms with Gasteiger partial charge in [-0.15, -0.1) is 0 Å². The lowest BCUT2D eigenvalue weighted by molar-refractivity contribution is -0.298.